The first-order chi connectivity index (χ1) is 6.72. The predicted molar refractivity (Wildman–Crippen MR) is 56.8 cm³/mol. The van der Waals surface area contributed by atoms with Gasteiger partial charge in [0.2, 0.25) is 0 Å². The summed E-state index contributed by atoms with van der Waals surface area (Å²) in [5.74, 6) is 3.04. The van der Waals surface area contributed by atoms with Gasteiger partial charge in [-0.05, 0) is 12.8 Å². The summed E-state index contributed by atoms with van der Waals surface area (Å²) in [7, 11) is 0. The third-order valence-corrected chi connectivity index (χ3v) is 2.84. The van der Waals surface area contributed by atoms with Crippen LogP contribution in [0.1, 0.15) is 10.6 Å². The number of nitrogens with zero attached hydrogens (tertiary/aromatic N) is 2. The van der Waals surface area contributed by atoms with E-state index in [9.17, 15) is 0 Å². The molecular weight excluding hydrogens is 196 g/mol. The first-order valence-corrected chi connectivity index (χ1v) is 4.77. The van der Waals surface area contributed by atoms with Gasteiger partial charge in [0.15, 0.2) is 0 Å². The molecule has 0 spiro atoms. The largest absolute Gasteiger partial charge is 0.383 e. The van der Waals surface area contributed by atoms with Gasteiger partial charge >= 0.3 is 0 Å². The maximum Gasteiger partial charge on any atom is 0.130 e. The molecule has 5 heteroatoms. The zero-order valence-corrected chi connectivity index (χ0v) is 8.35. The Balaban J connectivity index is 2.54. The maximum absolute atomic E-state index is 5.67. The fourth-order valence-corrected chi connectivity index (χ4v) is 2.01. The second kappa shape index (κ2) is 3.16. The summed E-state index contributed by atoms with van der Waals surface area (Å²) in [5, 5.41) is 7.29. The number of nitrogens with one attached hydrogen (secondary N) is 1. The number of anilines is 1. The highest BCUT2D eigenvalue weighted by molar-refractivity contribution is 7.15. The van der Waals surface area contributed by atoms with E-state index >= 15 is 0 Å². The van der Waals surface area contributed by atoms with Crippen molar-refractivity contribution in [2.24, 2.45) is 0 Å². The molecule has 0 unspecified atom stereocenters. The van der Waals surface area contributed by atoms with Crippen LogP contribution in [0.3, 0.4) is 0 Å². The van der Waals surface area contributed by atoms with E-state index < -0.39 is 0 Å². The van der Waals surface area contributed by atoms with Crippen molar-refractivity contribution >= 4 is 17.2 Å². The minimum Gasteiger partial charge on any atom is -0.383 e. The zero-order valence-electron chi connectivity index (χ0n) is 7.53. The molecule has 2 heterocycles. The number of thiazole rings is 1. The standard InChI is InChI=1S/C9H8N4S/c1-3-7-5(2)14-9(12-7)6-4-11-13-8(6)10/h1,4H,2H3,(H3,10,11,13). The SMILES string of the molecule is C#Cc1nc(-c2cn[nH]c2N)sc1C. The Hall–Kier alpha value is -1.80. The Kier molecular flexibility index (Phi) is 1.98. The molecular formula is C9H8N4S. The summed E-state index contributed by atoms with van der Waals surface area (Å²) in [6, 6.07) is 0. The molecule has 0 aliphatic heterocycles. The van der Waals surface area contributed by atoms with Gasteiger partial charge in [-0.1, -0.05) is 0 Å². The summed E-state index contributed by atoms with van der Waals surface area (Å²) in [5.41, 5.74) is 7.15. The van der Waals surface area contributed by atoms with Gasteiger partial charge < -0.3 is 5.73 Å². The van der Waals surface area contributed by atoms with Crippen LogP contribution in [0.2, 0.25) is 0 Å². The van der Waals surface area contributed by atoms with Crippen molar-refractivity contribution in [3.8, 4) is 22.9 Å². The molecule has 0 saturated carbocycles. The smallest absolute Gasteiger partial charge is 0.130 e. The Bertz CT molecular complexity index is 503. The van der Waals surface area contributed by atoms with Gasteiger partial charge in [0.05, 0.1) is 11.8 Å². The Morgan fingerprint density at radius 1 is 1.64 bits per heavy atom. The topological polar surface area (TPSA) is 67.6 Å². The van der Waals surface area contributed by atoms with Crippen LogP contribution in [0.5, 0.6) is 0 Å². The summed E-state index contributed by atoms with van der Waals surface area (Å²) < 4.78 is 0. The molecule has 0 radical (unpaired) electrons. The Labute approximate surface area is 85.2 Å². The number of nitrogens with two attached hydrogens (primary N) is 1. The molecule has 0 amide bonds. The van der Waals surface area contributed by atoms with Crippen LogP contribution >= 0.6 is 11.3 Å². The maximum atomic E-state index is 5.67. The van der Waals surface area contributed by atoms with Crippen molar-refractivity contribution in [3.05, 3.63) is 16.8 Å². The molecule has 4 nitrogen and oxygen atoms in total. The van der Waals surface area contributed by atoms with E-state index in [0.717, 1.165) is 15.4 Å². The third-order valence-electron chi connectivity index (χ3n) is 1.83. The van der Waals surface area contributed by atoms with Crippen LogP contribution in [0.15, 0.2) is 6.20 Å². The molecule has 0 aromatic carbocycles. The number of hydrogen-bond donors (Lipinski definition) is 2. The van der Waals surface area contributed by atoms with Gasteiger partial charge in [-0.15, -0.1) is 17.8 Å². The number of hydrogen-bond acceptors (Lipinski definition) is 4. The molecule has 0 aliphatic rings. The minimum absolute atomic E-state index is 0.516. The van der Waals surface area contributed by atoms with Crippen LogP contribution in [-0.2, 0) is 0 Å². The first kappa shape index (κ1) is 8.78. The lowest BCUT2D eigenvalue weighted by Crippen LogP contribution is -1.87. The first-order valence-electron chi connectivity index (χ1n) is 3.95. The highest BCUT2D eigenvalue weighted by atomic mass is 32.1. The molecule has 14 heavy (non-hydrogen) atoms. The molecule has 2 rings (SSSR count). The van der Waals surface area contributed by atoms with E-state index in [1.165, 1.54) is 11.3 Å². The number of aryl methyl sites for hydroxylation is 1. The Morgan fingerprint density at radius 2 is 2.43 bits per heavy atom. The summed E-state index contributed by atoms with van der Waals surface area (Å²) in [6.07, 6.45) is 6.94. The second-order valence-corrected chi connectivity index (χ2v) is 3.97. The van der Waals surface area contributed by atoms with Crippen LogP contribution in [0.4, 0.5) is 5.82 Å². The number of nitrogen functional groups attached to an aromatic ring is 1. The molecule has 2 aromatic heterocycles. The van der Waals surface area contributed by atoms with Crippen LogP contribution < -0.4 is 5.73 Å². The van der Waals surface area contributed by atoms with Gasteiger partial charge in [0.25, 0.3) is 0 Å². The minimum atomic E-state index is 0.516. The molecule has 3 N–H and O–H groups in total. The van der Waals surface area contributed by atoms with E-state index in [2.05, 4.69) is 21.1 Å². The number of rotatable bonds is 1. The fraction of sp³-hybridized carbons (Fsp3) is 0.111. The summed E-state index contributed by atoms with van der Waals surface area (Å²) in [4.78, 5) is 5.29. The summed E-state index contributed by atoms with van der Waals surface area (Å²) in [6.45, 7) is 1.94. The van der Waals surface area contributed by atoms with E-state index in [1.807, 2.05) is 6.92 Å². The van der Waals surface area contributed by atoms with Gasteiger partial charge in [0.1, 0.15) is 16.5 Å². The molecule has 0 saturated heterocycles. The number of aromatic amines is 1. The van der Waals surface area contributed by atoms with E-state index in [-0.39, 0.29) is 0 Å². The quantitative estimate of drug-likeness (QED) is 0.690. The van der Waals surface area contributed by atoms with Crippen molar-refractivity contribution in [1.29, 1.82) is 0 Å². The lowest BCUT2D eigenvalue weighted by molar-refractivity contribution is 1.10. The third kappa shape index (κ3) is 1.26. The molecule has 0 atom stereocenters. The average Bonchev–Trinajstić information content (AvgIpc) is 2.71. The van der Waals surface area contributed by atoms with E-state index in [4.69, 9.17) is 12.2 Å². The fourth-order valence-electron chi connectivity index (χ4n) is 1.11. The van der Waals surface area contributed by atoms with Gasteiger partial charge in [-0.2, -0.15) is 5.10 Å². The number of terminal acetylenes is 1. The normalized spacial score (nSPS) is 10.0. The highest BCUT2D eigenvalue weighted by Gasteiger charge is 2.11. The molecule has 0 fully saturated rings. The molecule has 0 bridgehead atoms. The number of H-pyrrole nitrogens is 1. The van der Waals surface area contributed by atoms with Crippen molar-refractivity contribution in [2.45, 2.75) is 6.92 Å². The lowest BCUT2D eigenvalue weighted by Gasteiger charge is -1.89. The zero-order chi connectivity index (χ0) is 10.1. The highest BCUT2D eigenvalue weighted by Crippen LogP contribution is 2.29. The predicted octanol–water partition coefficient (Wildman–Crippen LogP) is 1.41. The van der Waals surface area contributed by atoms with Crippen molar-refractivity contribution in [3.63, 3.8) is 0 Å². The van der Waals surface area contributed by atoms with Crippen LogP contribution in [-0.4, -0.2) is 15.2 Å². The van der Waals surface area contributed by atoms with Crippen molar-refractivity contribution < 1.29 is 0 Å². The van der Waals surface area contributed by atoms with E-state index in [0.29, 0.717) is 11.5 Å². The molecule has 0 aliphatic carbocycles. The van der Waals surface area contributed by atoms with Crippen LogP contribution in [0, 0.1) is 19.3 Å². The number of aromatic nitrogens is 3. The Morgan fingerprint density at radius 3 is 2.93 bits per heavy atom. The van der Waals surface area contributed by atoms with Crippen molar-refractivity contribution in [2.75, 3.05) is 5.73 Å². The van der Waals surface area contributed by atoms with Crippen LogP contribution in [0.25, 0.3) is 10.6 Å². The molecule has 70 valence electrons. The van der Waals surface area contributed by atoms with Crippen molar-refractivity contribution in [1.82, 2.24) is 15.2 Å². The van der Waals surface area contributed by atoms with Gasteiger partial charge in [-0.3, -0.25) is 5.10 Å². The summed E-state index contributed by atoms with van der Waals surface area (Å²) >= 11 is 1.52. The molecule has 2 aromatic rings. The second-order valence-electron chi connectivity index (χ2n) is 2.77. The monoisotopic (exact) mass is 204 g/mol. The van der Waals surface area contributed by atoms with Gasteiger partial charge in [-0.25, -0.2) is 4.98 Å². The van der Waals surface area contributed by atoms with E-state index in [1.54, 1.807) is 6.20 Å². The lowest BCUT2D eigenvalue weighted by atomic mass is 10.3. The van der Waals surface area contributed by atoms with Gasteiger partial charge in [0, 0.05) is 4.88 Å². The average molecular weight is 204 g/mol.